The number of halogens is 3. The van der Waals surface area contributed by atoms with Gasteiger partial charge in [0.1, 0.15) is 12.4 Å². The van der Waals surface area contributed by atoms with Crippen LogP contribution in [-0.2, 0) is 15.8 Å². The van der Waals surface area contributed by atoms with E-state index in [1.807, 2.05) is 6.07 Å². The number of anilines is 1. The van der Waals surface area contributed by atoms with Crippen LogP contribution in [0.1, 0.15) is 18.1 Å². The summed E-state index contributed by atoms with van der Waals surface area (Å²) in [6.45, 7) is 1.43. The Morgan fingerprint density at radius 3 is 2.43 bits per heavy atom. The Morgan fingerprint density at radius 1 is 1.23 bits per heavy atom. The van der Waals surface area contributed by atoms with E-state index in [2.05, 4.69) is 9.97 Å². The van der Waals surface area contributed by atoms with Gasteiger partial charge in [-0.05, 0) is 25.3 Å². The number of hydrazine groups is 1. The molecular formula is C19H14F3N5O2S. The Kier molecular flexibility index (Phi) is 5.80. The number of carbonyl (C=O) groups excluding carboxylic acids is 2. The number of alkyl halides is 3. The van der Waals surface area contributed by atoms with Gasteiger partial charge >= 0.3 is 6.18 Å². The predicted molar refractivity (Wildman–Crippen MR) is 103 cm³/mol. The molecule has 0 unspecified atom stereocenters. The molecule has 1 aliphatic rings. The van der Waals surface area contributed by atoms with Gasteiger partial charge in [0.15, 0.2) is 0 Å². The molecule has 7 nitrogen and oxygen atoms in total. The van der Waals surface area contributed by atoms with Gasteiger partial charge in [0, 0.05) is 35.4 Å². The molecule has 0 saturated carbocycles. The fourth-order valence-corrected chi connectivity index (χ4v) is 3.75. The van der Waals surface area contributed by atoms with E-state index in [0.717, 1.165) is 41.4 Å². The predicted octanol–water partition coefficient (Wildman–Crippen LogP) is 3.42. The van der Waals surface area contributed by atoms with Crippen LogP contribution in [0.25, 0.3) is 11.3 Å². The number of aromatic nitrogens is 2. The van der Waals surface area contributed by atoms with Gasteiger partial charge in [0.05, 0.1) is 22.5 Å². The van der Waals surface area contributed by atoms with E-state index in [1.54, 1.807) is 6.26 Å². The lowest BCUT2D eigenvalue weighted by molar-refractivity contribution is -0.141. The first-order chi connectivity index (χ1) is 14.2. The second kappa shape index (κ2) is 8.16. The largest absolute Gasteiger partial charge is 0.419 e. The summed E-state index contributed by atoms with van der Waals surface area (Å²) < 4.78 is 43.1. The van der Waals surface area contributed by atoms with Crippen molar-refractivity contribution in [2.75, 3.05) is 17.8 Å². The van der Waals surface area contributed by atoms with Crippen LogP contribution in [0.2, 0.25) is 0 Å². The SMILES string of the molecule is CCN(c1ccc(SC)c(-c2ncncc2C#N)c1C(F)(F)F)N1C(=O)C=CC1=O. The maximum atomic E-state index is 14.4. The van der Waals surface area contributed by atoms with Gasteiger partial charge in [-0.15, -0.1) is 11.8 Å². The zero-order valence-corrected chi connectivity index (χ0v) is 16.6. The van der Waals surface area contributed by atoms with Crippen LogP contribution in [-0.4, -0.2) is 39.6 Å². The molecule has 2 heterocycles. The van der Waals surface area contributed by atoms with Crippen molar-refractivity contribution in [3.8, 4) is 17.3 Å². The molecule has 2 aromatic rings. The summed E-state index contributed by atoms with van der Waals surface area (Å²) in [4.78, 5) is 32.1. The highest BCUT2D eigenvalue weighted by atomic mass is 32.2. The summed E-state index contributed by atoms with van der Waals surface area (Å²) in [5.74, 6) is -1.49. The number of rotatable bonds is 5. The van der Waals surface area contributed by atoms with E-state index in [1.165, 1.54) is 19.1 Å². The maximum absolute atomic E-state index is 14.4. The fourth-order valence-electron chi connectivity index (χ4n) is 3.14. The van der Waals surface area contributed by atoms with E-state index in [-0.39, 0.29) is 28.3 Å². The number of hydrogen-bond acceptors (Lipinski definition) is 7. The third-order valence-corrected chi connectivity index (χ3v) is 5.10. The van der Waals surface area contributed by atoms with Crippen LogP contribution in [0.3, 0.4) is 0 Å². The molecule has 0 spiro atoms. The number of benzene rings is 1. The fraction of sp³-hybridized carbons (Fsp3) is 0.211. The number of nitriles is 1. The van der Waals surface area contributed by atoms with Crippen molar-refractivity contribution in [1.82, 2.24) is 15.0 Å². The maximum Gasteiger partial charge on any atom is 0.419 e. The van der Waals surface area contributed by atoms with Crippen molar-refractivity contribution >= 4 is 29.3 Å². The minimum absolute atomic E-state index is 0.0881. The molecule has 3 rings (SSSR count). The van der Waals surface area contributed by atoms with E-state index in [0.29, 0.717) is 5.01 Å². The average molecular weight is 433 g/mol. The molecule has 0 radical (unpaired) electrons. The first kappa shape index (κ1) is 21.3. The summed E-state index contributed by atoms with van der Waals surface area (Å²) in [7, 11) is 0. The van der Waals surface area contributed by atoms with E-state index < -0.39 is 29.2 Å². The highest BCUT2D eigenvalue weighted by Crippen LogP contribution is 2.47. The topological polar surface area (TPSA) is 90.2 Å². The van der Waals surface area contributed by atoms with Crippen LogP contribution in [0.15, 0.2) is 41.7 Å². The van der Waals surface area contributed by atoms with Gasteiger partial charge < -0.3 is 0 Å². The molecule has 11 heteroatoms. The van der Waals surface area contributed by atoms with Gasteiger partial charge in [-0.3, -0.25) is 14.6 Å². The Labute approximate surface area is 173 Å². The molecular weight excluding hydrogens is 419 g/mol. The molecule has 0 fully saturated rings. The van der Waals surface area contributed by atoms with Gasteiger partial charge in [-0.2, -0.15) is 23.4 Å². The number of carbonyl (C=O) groups is 2. The zero-order valence-electron chi connectivity index (χ0n) is 15.8. The molecule has 0 aliphatic carbocycles. The summed E-state index contributed by atoms with van der Waals surface area (Å²) in [5, 5.41) is 11.0. The van der Waals surface area contributed by atoms with Gasteiger partial charge in [-0.25, -0.2) is 9.97 Å². The van der Waals surface area contributed by atoms with Gasteiger partial charge in [-0.1, -0.05) is 0 Å². The first-order valence-electron chi connectivity index (χ1n) is 8.56. The van der Waals surface area contributed by atoms with Gasteiger partial charge in [0.2, 0.25) is 0 Å². The van der Waals surface area contributed by atoms with E-state index in [4.69, 9.17) is 0 Å². The molecule has 1 aromatic carbocycles. The number of thioether (sulfide) groups is 1. The van der Waals surface area contributed by atoms with Crippen LogP contribution >= 0.6 is 11.8 Å². The third kappa shape index (κ3) is 3.61. The van der Waals surface area contributed by atoms with Crippen molar-refractivity contribution in [1.29, 1.82) is 5.26 Å². The number of hydrogen-bond donors (Lipinski definition) is 0. The van der Waals surface area contributed by atoms with Crippen molar-refractivity contribution in [3.05, 3.63) is 47.9 Å². The van der Waals surface area contributed by atoms with Crippen LogP contribution in [0.5, 0.6) is 0 Å². The van der Waals surface area contributed by atoms with Crippen molar-refractivity contribution < 1.29 is 22.8 Å². The van der Waals surface area contributed by atoms with Crippen LogP contribution in [0, 0.1) is 11.3 Å². The monoisotopic (exact) mass is 433 g/mol. The lowest BCUT2D eigenvalue weighted by Crippen LogP contribution is -2.47. The minimum Gasteiger partial charge on any atom is -0.275 e. The minimum atomic E-state index is -4.87. The Balaban J connectivity index is 2.37. The Hall–Kier alpha value is -3.39. The molecule has 1 aliphatic heterocycles. The number of nitrogens with zero attached hydrogens (tertiary/aromatic N) is 5. The lowest BCUT2D eigenvalue weighted by atomic mass is 9.98. The standard InChI is InChI=1S/C19H14F3N5O2S/c1-3-26(27-14(28)6-7-15(27)29)12-4-5-13(30-2)16(17(12)19(20,21)22)18-11(8-23)9-24-10-25-18/h4-7,9-10H,3H2,1-2H3. The normalized spacial score (nSPS) is 13.7. The molecule has 2 amide bonds. The number of imide groups is 1. The Morgan fingerprint density at radius 2 is 1.90 bits per heavy atom. The highest BCUT2D eigenvalue weighted by Gasteiger charge is 2.42. The van der Waals surface area contributed by atoms with Gasteiger partial charge in [0.25, 0.3) is 11.8 Å². The van der Waals surface area contributed by atoms with Crippen LogP contribution < -0.4 is 5.01 Å². The van der Waals surface area contributed by atoms with E-state index >= 15 is 0 Å². The molecule has 1 aromatic heterocycles. The first-order valence-corrected chi connectivity index (χ1v) is 9.79. The highest BCUT2D eigenvalue weighted by molar-refractivity contribution is 7.98. The smallest absolute Gasteiger partial charge is 0.275 e. The number of amides is 2. The molecule has 154 valence electrons. The molecule has 0 bridgehead atoms. The van der Waals surface area contributed by atoms with Crippen LogP contribution in [0.4, 0.5) is 18.9 Å². The lowest BCUT2D eigenvalue weighted by Gasteiger charge is -2.33. The van der Waals surface area contributed by atoms with Crippen molar-refractivity contribution in [2.24, 2.45) is 0 Å². The second-order valence-corrected chi connectivity index (χ2v) is 6.82. The molecule has 0 N–H and O–H groups in total. The van der Waals surface area contributed by atoms with Crippen molar-refractivity contribution in [2.45, 2.75) is 18.0 Å². The summed E-state index contributed by atoms with van der Waals surface area (Å²) in [6, 6.07) is 4.45. The summed E-state index contributed by atoms with van der Waals surface area (Å²) in [6.07, 6.45) is 0.902. The molecule has 30 heavy (non-hydrogen) atoms. The quantitative estimate of drug-likeness (QED) is 0.527. The Bertz CT molecular complexity index is 1080. The second-order valence-electron chi connectivity index (χ2n) is 5.97. The summed E-state index contributed by atoms with van der Waals surface area (Å²) in [5.41, 5.74) is -2.12. The molecule has 0 saturated heterocycles. The summed E-state index contributed by atoms with van der Waals surface area (Å²) >= 11 is 1.05. The van der Waals surface area contributed by atoms with E-state index in [9.17, 15) is 28.0 Å². The average Bonchev–Trinajstić information content (AvgIpc) is 3.05. The third-order valence-electron chi connectivity index (χ3n) is 4.32. The molecule has 0 atom stereocenters. The van der Waals surface area contributed by atoms with Crippen molar-refractivity contribution in [3.63, 3.8) is 0 Å². The zero-order chi connectivity index (χ0) is 22.1.